The van der Waals surface area contributed by atoms with Crippen LogP contribution in [0.5, 0.6) is 5.75 Å². The van der Waals surface area contributed by atoms with E-state index in [0.29, 0.717) is 26.2 Å². The molecule has 0 spiro atoms. The van der Waals surface area contributed by atoms with Crippen molar-refractivity contribution in [3.63, 3.8) is 0 Å². The number of hydrogen-bond donors (Lipinski definition) is 3. The standard InChI is InChI=1S/C17H25N3O3S.ClH/c18-12-16-13-19-17(24-16)14-2-4-15(5-3-14)23-11-1-6-20(7-9-21)8-10-22;/h2-5,13,21-22H,1,6-12,18H2;1H. The highest BCUT2D eigenvalue weighted by atomic mass is 35.5. The van der Waals surface area contributed by atoms with Crippen LogP contribution >= 0.6 is 23.7 Å². The Labute approximate surface area is 158 Å². The van der Waals surface area contributed by atoms with Gasteiger partial charge in [-0.1, -0.05) is 0 Å². The minimum Gasteiger partial charge on any atom is -0.494 e. The average Bonchev–Trinajstić information content (AvgIpc) is 3.09. The molecule has 4 N–H and O–H groups in total. The zero-order valence-electron chi connectivity index (χ0n) is 14.1. The van der Waals surface area contributed by atoms with Crippen LogP contribution in [-0.4, -0.2) is 59.6 Å². The molecule has 1 heterocycles. The van der Waals surface area contributed by atoms with Crippen molar-refractivity contribution >= 4 is 23.7 Å². The number of halogens is 1. The fourth-order valence-electron chi connectivity index (χ4n) is 2.33. The van der Waals surface area contributed by atoms with Crippen molar-refractivity contribution in [3.05, 3.63) is 35.3 Å². The molecule has 0 aliphatic rings. The Bertz CT molecular complexity index is 589. The summed E-state index contributed by atoms with van der Waals surface area (Å²) in [5.74, 6) is 0.824. The van der Waals surface area contributed by atoms with E-state index in [4.69, 9.17) is 20.7 Å². The molecule has 0 saturated heterocycles. The Hall–Kier alpha value is -1.22. The summed E-state index contributed by atoms with van der Waals surface area (Å²) in [5.41, 5.74) is 6.67. The van der Waals surface area contributed by atoms with Crippen LogP contribution in [0.25, 0.3) is 10.6 Å². The minimum atomic E-state index is 0. The lowest BCUT2D eigenvalue weighted by Gasteiger charge is -2.19. The Kier molecular flexibility index (Phi) is 10.6. The third-order valence-corrected chi connectivity index (χ3v) is 4.64. The highest BCUT2D eigenvalue weighted by Crippen LogP contribution is 2.26. The fourth-order valence-corrected chi connectivity index (χ4v) is 3.12. The quantitative estimate of drug-likeness (QED) is 0.509. The number of thiazole rings is 1. The molecule has 140 valence electrons. The summed E-state index contributed by atoms with van der Waals surface area (Å²) in [4.78, 5) is 7.46. The van der Waals surface area contributed by atoms with Gasteiger partial charge >= 0.3 is 0 Å². The summed E-state index contributed by atoms with van der Waals surface area (Å²) in [5, 5.41) is 18.9. The summed E-state index contributed by atoms with van der Waals surface area (Å²) in [6.45, 7) is 3.27. The van der Waals surface area contributed by atoms with Gasteiger partial charge in [0.1, 0.15) is 10.8 Å². The van der Waals surface area contributed by atoms with Crippen LogP contribution in [0.2, 0.25) is 0 Å². The monoisotopic (exact) mass is 387 g/mol. The number of ether oxygens (including phenoxy) is 1. The van der Waals surface area contributed by atoms with E-state index in [1.165, 1.54) is 0 Å². The Balaban J connectivity index is 0.00000312. The van der Waals surface area contributed by atoms with Crippen LogP contribution in [0.1, 0.15) is 11.3 Å². The van der Waals surface area contributed by atoms with E-state index in [1.54, 1.807) is 11.3 Å². The summed E-state index contributed by atoms with van der Waals surface area (Å²) in [7, 11) is 0. The molecule has 0 aliphatic carbocycles. The van der Waals surface area contributed by atoms with Crippen LogP contribution in [0, 0.1) is 0 Å². The summed E-state index contributed by atoms with van der Waals surface area (Å²) in [6, 6.07) is 7.88. The first-order valence-electron chi connectivity index (χ1n) is 8.09. The van der Waals surface area contributed by atoms with Crippen LogP contribution in [-0.2, 0) is 6.54 Å². The molecule has 0 bridgehead atoms. The largest absolute Gasteiger partial charge is 0.494 e. The van der Waals surface area contributed by atoms with Gasteiger partial charge in [0.05, 0.1) is 19.8 Å². The third-order valence-electron chi connectivity index (χ3n) is 3.58. The zero-order valence-corrected chi connectivity index (χ0v) is 15.8. The molecule has 0 amide bonds. The topological polar surface area (TPSA) is 91.8 Å². The van der Waals surface area contributed by atoms with E-state index >= 15 is 0 Å². The first-order chi connectivity index (χ1) is 11.8. The summed E-state index contributed by atoms with van der Waals surface area (Å²) in [6.07, 6.45) is 2.66. The van der Waals surface area contributed by atoms with Crippen molar-refractivity contribution in [3.8, 4) is 16.3 Å². The SMILES string of the molecule is Cl.NCc1cnc(-c2ccc(OCCCN(CCO)CCO)cc2)s1. The number of aliphatic hydroxyl groups excluding tert-OH is 2. The van der Waals surface area contributed by atoms with Gasteiger partial charge in [-0.3, -0.25) is 4.90 Å². The molecule has 0 unspecified atom stereocenters. The van der Waals surface area contributed by atoms with Gasteiger partial charge in [-0.05, 0) is 30.7 Å². The normalized spacial score (nSPS) is 10.7. The molecular formula is C17H26ClN3O3S. The van der Waals surface area contributed by atoms with Crippen molar-refractivity contribution in [2.75, 3.05) is 39.5 Å². The lowest BCUT2D eigenvalue weighted by molar-refractivity contribution is 0.153. The minimum absolute atomic E-state index is 0. The van der Waals surface area contributed by atoms with Crippen molar-refractivity contribution in [1.29, 1.82) is 0 Å². The first-order valence-corrected chi connectivity index (χ1v) is 8.90. The number of aliphatic hydroxyl groups is 2. The van der Waals surface area contributed by atoms with E-state index in [1.807, 2.05) is 35.4 Å². The first kappa shape index (κ1) is 21.8. The lowest BCUT2D eigenvalue weighted by Crippen LogP contribution is -2.31. The molecule has 6 nitrogen and oxygen atoms in total. The second-order valence-corrected chi connectivity index (χ2v) is 6.47. The number of nitrogens with two attached hydrogens (primary N) is 1. The maximum Gasteiger partial charge on any atom is 0.123 e. The molecular weight excluding hydrogens is 362 g/mol. The Morgan fingerprint density at radius 1 is 1.08 bits per heavy atom. The molecule has 0 radical (unpaired) electrons. The van der Waals surface area contributed by atoms with Gasteiger partial charge < -0.3 is 20.7 Å². The van der Waals surface area contributed by atoms with Crippen molar-refractivity contribution in [1.82, 2.24) is 9.88 Å². The summed E-state index contributed by atoms with van der Waals surface area (Å²) >= 11 is 1.60. The van der Waals surface area contributed by atoms with Crippen LogP contribution < -0.4 is 10.5 Å². The van der Waals surface area contributed by atoms with Crippen molar-refractivity contribution in [2.24, 2.45) is 5.73 Å². The van der Waals surface area contributed by atoms with Gasteiger partial charge in [0.2, 0.25) is 0 Å². The van der Waals surface area contributed by atoms with E-state index in [2.05, 4.69) is 4.98 Å². The van der Waals surface area contributed by atoms with Gasteiger partial charge in [-0.25, -0.2) is 4.98 Å². The molecule has 2 aromatic rings. The third kappa shape index (κ3) is 7.27. The van der Waals surface area contributed by atoms with Gasteiger partial charge in [0.25, 0.3) is 0 Å². The molecule has 0 aliphatic heterocycles. The molecule has 0 atom stereocenters. The smallest absolute Gasteiger partial charge is 0.123 e. The van der Waals surface area contributed by atoms with Gasteiger partial charge in [0.15, 0.2) is 0 Å². The predicted octanol–water partition coefficient (Wildman–Crippen LogP) is 1.75. The zero-order chi connectivity index (χ0) is 17.2. The number of aromatic nitrogens is 1. The van der Waals surface area contributed by atoms with E-state index in [-0.39, 0.29) is 25.6 Å². The highest BCUT2D eigenvalue weighted by molar-refractivity contribution is 7.15. The van der Waals surface area contributed by atoms with Gasteiger partial charge in [0, 0.05) is 42.8 Å². The molecule has 0 fully saturated rings. The number of benzene rings is 1. The van der Waals surface area contributed by atoms with Crippen molar-refractivity contribution in [2.45, 2.75) is 13.0 Å². The lowest BCUT2D eigenvalue weighted by atomic mass is 10.2. The molecule has 1 aromatic heterocycles. The maximum atomic E-state index is 8.97. The second kappa shape index (κ2) is 12.2. The average molecular weight is 388 g/mol. The maximum absolute atomic E-state index is 8.97. The second-order valence-electron chi connectivity index (χ2n) is 5.35. The van der Waals surface area contributed by atoms with Crippen LogP contribution in [0.4, 0.5) is 0 Å². The van der Waals surface area contributed by atoms with Crippen molar-refractivity contribution < 1.29 is 14.9 Å². The van der Waals surface area contributed by atoms with E-state index in [9.17, 15) is 0 Å². The molecule has 0 saturated carbocycles. The molecule has 25 heavy (non-hydrogen) atoms. The number of nitrogens with zero attached hydrogens (tertiary/aromatic N) is 2. The summed E-state index contributed by atoms with van der Waals surface area (Å²) < 4.78 is 5.74. The Morgan fingerprint density at radius 2 is 1.76 bits per heavy atom. The molecule has 8 heteroatoms. The van der Waals surface area contributed by atoms with Crippen LogP contribution in [0.15, 0.2) is 30.5 Å². The molecule has 2 rings (SSSR count). The predicted molar refractivity (Wildman–Crippen MR) is 103 cm³/mol. The Morgan fingerprint density at radius 3 is 2.32 bits per heavy atom. The van der Waals surface area contributed by atoms with Gasteiger partial charge in [-0.2, -0.15) is 0 Å². The van der Waals surface area contributed by atoms with E-state index < -0.39 is 0 Å². The van der Waals surface area contributed by atoms with E-state index in [0.717, 1.165) is 34.2 Å². The fraction of sp³-hybridized carbons (Fsp3) is 0.471. The highest BCUT2D eigenvalue weighted by Gasteiger charge is 2.05. The number of hydrogen-bond acceptors (Lipinski definition) is 7. The molecule has 1 aromatic carbocycles. The number of rotatable bonds is 11. The van der Waals surface area contributed by atoms with Crippen LogP contribution in [0.3, 0.4) is 0 Å². The van der Waals surface area contributed by atoms with Gasteiger partial charge in [-0.15, -0.1) is 23.7 Å².